The van der Waals surface area contributed by atoms with E-state index in [0.717, 1.165) is 43.3 Å². The third-order valence-corrected chi connectivity index (χ3v) is 4.27. The number of amides is 1. The van der Waals surface area contributed by atoms with Crippen LogP contribution in [0.2, 0.25) is 0 Å². The average Bonchev–Trinajstić information content (AvgIpc) is 2.67. The van der Waals surface area contributed by atoms with Gasteiger partial charge in [0, 0.05) is 43.6 Å². The van der Waals surface area contributed by atoms with Gasteiger partial charge in [-0.05, 0) is 24.3 Å². The van der Waals surface area contributed by atoms with Crippen molar-refractivity contribution in [1.29, 1.82) is 0 Å². The summed E-state index contributed by atoms with van der Waals surface area (Å²) in [4.78, 5) is 16.6. The molecule has 1 aliphatic heterocycles. The molecule has 1 aliphatic rings. The molecular formula is C19H25Cl2N3O2. The Morgan fingerprint density at radius 3 is 2.35 bits per heavy atom. The first-order chi connectivity index (χ1) is 11.8. The second-order valence-electron chi connectivity index (χ2n) is 5.79. The van der Waals surface area contributed by atoms with Crippen molar-refractivity contribution in [2.75, 3.05) is 50.1 Å². The highest BCUT2D eigenvalue weighted by atomic mass is 35.5. The first-order valence-corrected chi connectivity index (χ1v) is 8.22. The quantitative estimate of drug-likeness (QED) is 0.840. The largest absolute Gasteiger partial charge is 0.497 e. The lowest BCUT2D eigenvalue weighted by molar-refractivity contribution is -0.129. The Balaban J connectivity index is 0.00000169. The highest BCUT2D eigenvalue weighted by Crippen LogP contribution is 2.22. The number of benzene rings is 2. The van der Waals surface area contributed by atoms with Gasteiger partial charge in [0.1, 0.15) is 5.75 Å². The number of para-hydroxylation sites is 1. The normalized spacial score (nSPS) is 13.3. The molecule has 7 heteroatoms. The maximum Gasteiger partial charge on any atom is 0.241 e. The number of anilines is 2. The molecule has 5 nitrogen and oxygen atoms in total. The monoisotopic (exact) mass is 397 g/mol. The van der Waals surface area contributed by atoms with E-state index in [-0.39, 0.29) is 30.7 Å². The number of nitrogens with zero attached hydrogens (tertiary/aromatic N) is 2. The van der Waals surface area contributed by atoms with Gasteiger partial charge in [-0.1, -0.05) is 24.3 Å². The molecule has 142 valence electrons. The maximum atomic E-state index is 12.3. The van der Waals surface area contributed by atoms with Crippen molar-refractivity contribution in [1.82, 2.24) is 4.90 Å². The summed E-state index contributed by atoms with van der Waals surface area (Å²) >= 11 is 0. The van der Waals surface area contributed by atoms with Gasteiger partial charge >= 0.3 is 0 Å². The number of methoxy groups -OCH3 is 1. The minimum atomic E-state index is 0. The first kappa shape index (κ1) is 21.9. The Morgan fingerprint density at radius 1 is 1.00 bits per heavy atom. The minimum absolute atomic E-state index is 0. The zero-order chi connectivity index (χ0) is 16.8. The summed E-state index contributed by atoms with van der Waals surface area (Å²) in [6.07, 6.45) is 0. The van der Waals surface area contributed by atoms with E-state index >= 15 is 0 Å². The number of nitrogens with one attached hydrogen (secondary N) is 1. The Bertz CT molecular complexity index is 677. The molecule has 2 aromatic carbocycles. The fraction of sp³-hybridized carbons (Fsp3) is 0.316. The molecule has 0 atom stereocenters. The van der Waals surface area contributed by atoms with Crippen LogP contribution in [0.1, 0.15) is 0 Å². The van der Waals surface area contributed by atoms with Gasteiger partial charge in [0.05, 0.1) is 13.7 Å². The van der Waals surface area contributed by atoms with E-state index in [0.29, 0.717) is 6.54 Å². The average molecular weight is 398 g/mol. The van der Waals surface area contributed by atoms with Crippen LogP contribution in [0.3, 0.4) is 0 Å². The molecule has 0 aromatic heterocycles. The summed E-state index contributed by atoms with van der Waals surface area (Å²) in [7, 11) is 1.68. The molecule has 0 aliphatic carbocycles. The van der Waals surface area contributed by atoms with Crippen LogP contribution in [0.25, 0.3) is 0 Å². The van der Waals surface area contributed by atoms with E-state index in [1.165, 1.54) is 0 Å². The summed E-state index contributed by atoms with van der Waals surface area (Å²) in [6.45, 7) is 3.50. The molecule has 3 rings (SSSR count). The molecule has 0 unspecified atom stereocenters. The Kier molecular flexibility index (Phi) is 9.10. The van der Waals surface area contributed by atoms with E-state index in [1.54, 1.807) is 7.11 Å². The van der Waals surface area contributed by atoms with Gasteiger partial charge in [-0.15, -0.1) is 24.8 Å². The van der Waals surface area contributed by atoms with Gasteiger partial charge in [0.2, 0.25) is 5.91 Å². The van der Waals surface area contributed by atoms with Crippen LogP contribution in [-0.2, 0) is 4.79 Å². The summed E-state index contributed by atoms with van der Waals surface area (Å²) in [5, 5.41) is 3.18. The highest BCUT2D eigenvalue weighted by Gasteiger charge is 2.21. The van der Waals surface area contributed by atoms with E-state index < -0.39 is 0 Å². The number of ether oxygens (including phenoxy) is 1. The smallest absolute Gasteiger partial charge is 0.241 e. The second-order valence-corrected chi connectivity index (χ2v) is 5.79. The molecule has 1 fully saturated rings. The van der Waals surface area contributed by atoms with Crippen LogP contribution < -0.4 is 15.0 Å². The molecule has 0 spiro atoms. The maximum absolute atomic E-state index is 12.3. The molecular weight excluding hydrogens is 373 g/mol. The number of piperazine rings is 1. The second kappa shape index (κ2) is 10.8. The molecule has 2 aromatic rings. The lowest BCUT2D eigenvalue weighted by atomic mass is 10.2. The summed E-state index contributed by atoms with van der Waals surface area (Å²) in [5.41, 5.74) is 2.12. The molecule has 0 saturated carbocycles. The van der Waals surface area contributed by atoms with Crippen molar-refractivity contribution in [3.05, 3.63) is 54.6 Å². The molecule has 1 heterocycles. The standard InChI is InChI=1S/C19H23N3O2.2ClH/c1-24-18-9-5-8-17(14-18)21-10-12-22(13-11-21)19(23)15-20-16-6-3-2-4-7-16;;/h2-9,14,20H,10-13,15H2,1H3;2*1H. The molecule has 26 heavy (non-hydrogen) atoms. The predicted octanol–water partition coefficient (Wildman–Crippen LogP) is 3.30. The van der Waals surface area contributed by atoms with Gasteiger partial charge in [-0.25, -0.2) is 0 Å². The fourth-order valence-electron chi connectivity index (χ4n) is 2.87. The Hall–Kier alpha value is -2.11. The molecule has 0 bridgehead atoms. The number of carbonyl (C=O) groups is 1. The molecule has 1 saturated heterocycles. The minimum Gasteiger partial charge on any atom is -0.497 e. The van der Waals surface area contributed by atoms with Crippen molar-refractivity contribution in [2.24, 2.45) is 0 Å². The van der Waals surface area contributed by atoms with Crippen LogP contribution in [0, 0.1) is 0 Å². The number of halogens is 2. The summed E-state index contributed by atoms with van der Waals surface area (Å²) < 4.78 is 5.28. The van der Waals surface area contributed by atoms with Gasteiger partial charge in [0.15, 0.2) is 0 Å². The van der Waals surface area contributed by atoms with Crippen molar-refractivity contribution < 1.29 is 9.53 Å². The zero-order valence-corrected chi connectivity index (χ0v) is 16.4. The zero-order valence-electron chi connectivity index (χ0n) is 14.8. The van der Waals surface area contributed by atoms with E-state index in [4.69, 9.17) is 4.74 Å². The van der Waals surface area contributed by atoms with Crippen LogP contribution in [0.4, 0.5) is 11.4 Å². The third kappa shape index (κ3) is 5.71. The summed E-state index contributed by atoms with van der Waals surface area (Å²) in [5.74, 6) is 1.00. The Labute approximate surface area is 167 Å². The van der Waals surface area contributed by atoms with Gasteiger partial charge in [-0.3, -0.25) is 4.79 Å². The van der Waals surface area contributed by atoms with Crippen LogP contribution >= 0.6 is 24.8 Å². The topological polar surface area (TPSA) is 44.8 Å². The van der Waals surface area contributed by atoms with Gasteiger partial charge < -0.3 is 19.9 Å². The SMILES string of the molecule is COc1cccc(N2CCN(C(=O)CNc3ccccc3)CC2)c1.Cl.Cl. The van der Waals surface area contributed by atoms with Crippen LogP contribution in [0.15, 0.2) is 54.6 Å². The number of carbonyl (C=O) groups excluding carboxylic acids is 1. The van der Waals surface area contributed by atoms with Crippen LogP contribution in [0.5, 0.6) is 5.75 Å². The highest BCUT2D eigenvalue weighted by molar-refractivity contribution is 5.85. The van der Waals surface area contributed by atoms with Gasteiger partial charge in [-0.2, -0.15) is 0 Å². The lowest BCUT2D eigenvalue weighted by Crippen LogP contribution is -2.50. The Morgan fingerprint density at radius 2 is 1.69 bits per heavy atom. The molecule has 1 amide bonds. The van der Waals surface area contributed by atoms with E-state index in [2.05, 4.69) is 16.3 Å². The van der Waals surface area contributed by atoms with Crippen LogP contribution in [-0.4, -0.2) is 50.6 Å². The molecule has 0 radical (unpaired) electrons. The van der Waals surface area contributed by atoms with Crippen molar-refractivity contribution in [2.45, 2.75) is 0 Å². The van der Waals surface area contributed by atoms with Crippen molar-refractivity contribution >= 4 is 42.1 Å². The number of hydrogen-bond acceptors (Lipinski definition) is 4. The van der Waals surface area contributed by atoms with Gasteiger partial charge in [0.25, 0.3) is 0 Å². The lowest BCUT2D eigenvalue weighted by Gasteiger charge is -2.36. The van der Waals surface area contributed by atoms with E-state index in [1.807, 2.05) is 53.4 Å². The third-order valence-electron chi connectivity index (χ3n) is 4.27. The first-order valence-electron chi connectivity index (χ1n) is 8.22. The van der Waals surface area contributed by atoms with E-state index in [9.17, 15) is 4.79 Å². The van der Waals surface area contributed by atoms with Crippen molar-refractivity contribution in [3.8, 4) is 5.75 Å². The number of hydrogen-bond donors (Lipinski definition) is 1. The summed E-state index contributed by atoms with van der Waals surface area (Å²) in [6, 6.07) is 17.9. The van der Waals surface area contributed by atoms with Crippen molar-refractivity contribution in [3.63, 3.8) is 0 Å². The molecule has 1 N–H and O–H groups in total. The predicted molar refractivity (Wildman–Crippen MR) is 111 cm³/mol. The fourth-order valence-corrected chi connectivity index (χ4v) is 2.87. The number of rotatable bonds is 5.